The molecule has 1 nitrogen and oxygen atoms in total. The first-order chi connectivity index (χ1) is 6.77. The van der Waals surface area contributed by atoms with Crippen LogP contribution in [-0.2, 0) is 4.74 Å². The van der Waals surface area contributed by atoms with Crippen molar-refractivity contribution in [1.82, 2.24) is 0 Å². The van der Waals surface area contributed by atoms with Gasteiger partial charge in [0, 0.05) is 16.6 Å². The van der Waals surface area contributed by atoms with Crippen LogP contribution in [0.3, 0.4) is 0 Å². The normalized spacial score (nSPS) is 20.1. The summed E-state index contributed by atoms with van der Waals surface area (Å²) in [6, 6.07) is 8.66. The largest absolute Gasteiger partial charge is 0.378 e. The summed E-state index contributed by atoms with van der Waals surface area (Å²) in [5.74, 6) is 1.77. The van der Waals surface area contributed by atoms with E-state index in [0.717, 1.165) is 6.61 Å². The summed E-state index contributed by atoms with van der Waals surface area (Å²) < 4.78 is 5.67. The molecular weight excluding hydrogens is 192 g/mol. The van der Waals surface area contributed by atoms with Gasteiger partial charge >= 0.3 is 0 Å². The van der Waals surface area contributed by atoms with Crippen LogP contribution in [0.5, 0.6) is 0 Å². The molecule has 2 rings (SSSR count). The molecule has 0 saturated carbocycles. The molecule has 1 aliphatic rings. The predicted molar refractivity (Wildman–Crippen MR) is 61.0 cm³/mol. The molecule has 1 heterocycles. The van der Waals surface area contributed by atoms with Crippen molar-refractivity contribution in [2.75, 3.05) is 12.4 Å². The first-order valence-electron chi connectivity index (χ1n) is 5.10. The minimum absolute atomic E-state index is 0.341. The highest BCUT2D eigenvalue weighted by molar-refractivity contribution is 7.99. The van der Waals surface area contributed by atoms with Crippen LogP contribution in [-0.4, -0.2) is 18.5 Å². The van der Waals surface area contributed by atoms with Crippen molar-refractivity contribution in [3.05, 3.63) is 29.8 Å². The Kier molecular flexibility index (Phi) is 3.14. The van der Waals surface area contributed by atoms with Crippen LogP contribution in [0.1, 0.15) is 25.3 Å². The highest BCUT2D eigenvalue weighted by Gasteiger charge is 2.22. The van der Waals surface area contributed by atoms with Gasteiger partial charge in [-0.15, -0.1) is 11.8 Å². The monoisotopic (exact) mass is 208 g/mol. The van der Waals surface area contributed by atoms with Gasteiger partial charge in [0.1, 0.15) is 0 Å². The van der Waals surface area contributed by atoms with Crippen LogP contribution in [0.25, 0.3) is 0 Å². The summed E-state index contributed by atoms with van der Waals surface area (Å²) in [5.41, 5.74) is 1.47. The number of thioether (sulfide) groups is 1. The van der Waals surface area contributed by atoms with Crippen molar-refractivity contribution in [2.24, 2.45) is 0 Å². The number of rotatable bonds is 3. The fraction of sp³-hybridized carbons (Fsp3) is 0.500. The van der Waals surface area contributed by atoms with E-state index in [4.69, 9.17) is 4.74 Å². The van der Waals surface area contributed by atoms with Crippen LogP contribution in [0.4, 0.5) is 0 Å². The Balaban J connectivity index is 2.03. The number of benzene rings is 1. The van der Waals surface area contributed by atoms with Crippen molar-refractivity contribution >= 4 is 11.8 Å². The smallest absolute Gasteiger partial charge is 0.0546 e. The standard InChI is InChI=1S/C12H16OS/c1-9(2)13-7-10-8-14-12-6-4-3-5-11(10)12/h3-6,9-10H,7-8H2,1-2H3. The first kappa shape index (κ1) is 10.1. The number of fused-ring (bicyclic) bond motifs is 1. The lowest BCUT2D eigenvalue weighted by Gasteiger charge is -2.13. The summed E-state index contributed by atoms with van der Waals surface area (Å²) >= 11 is 1.95. The van der Waals surface area contributed by atoms with E-state index in [1.807, 2.05) is 11.8 Å². The van der Waals surface area contributed by atoms with Crippen LogP contribution in [0.15, 0.2) is 29.2 Å². The van der Waals surface area contributed by atoms with Crippen LogP contribution < -0.4 is 0 Å². The van der Waals surface area contributed by atoms with Gasteiger partial charge in [-0.3, -0.25) is 0 Å². The minimum Gasteiger partial charge on any atom is -0.378 e. The summed E-state index contributed by atoms with van der Waals surface area (Å²) in [5, 5.41) is 0. The molecule has 0 amide bonds. The van der Waals surface area contributed by atoms with Gasteiger partial charge in [0.05, 0.1) is 12.7 Å². The Labute approximate surface area is 89.9 Å². The molecule has 1 atom stereocenters. The molecule has 0 aromatic heterocycles. The zero-order valence-corrected chi connectivity index (χ0v) is 9.51. The van der Waals surface area contributed by atoms with Gasteiger partial charge in [-0.25, -0.2) is 0 Å². The van der Waals surface area contributed by atoms with Crippen LogP contribution in [0, 0.1) is 0 Å². The fourth-order valence-electron chi connectivity index (χ4n) is 1.68. The average Bonchev–Trinajstić information content (AvgIpc) is 2.58. The number of ether oxygens (including phenoxy) is 1. The molecule has 1 aliphatic heterocycles. The van der Waals surface area contributed by atoms with Gasteiger partial charge in [-0.1, -0.05) is 18.2 Å². The highest BCUT2D eigenvalue weighted by atomic mass is 32.2. The second-order valence-electron chi connectivity index (χ2n) is 3.93. The molecule has 0 radical (unpaired) electrons. The van der Waals surface area contributed by atoms with Gasteiger partial charge in [-0.2, -0.15) is 0 Å². The van der Waals surface area contributed by atoms with Crippen molar-refractivity contribution in [3.8, 4) is 0 Å². The van der Waals surface area contributed by atoms with Crippen molar-refractivity contribution in [2.45, 2.75) is 30.8 Å². The molecule has 0 fully saturated rings. The minimum atomic E-state index is 0.341. The second kappa shape index (κ2) is 4.37. The third kappa shape index (κ3) is 2.12. The zero-order valence-electron chi connectivity index (χ0n) is 8.69. The average molecular weight is 208 g/mol. The fourth-order valence-corrected chi connectivity index (χ4v) is 2.91. The zero-order chi connectivity index (χ0) is 9.97. The molecule has 0 bridgehead atoms. The predicted octanol–water partition coefficient (Wildman–Crippen LogP) is 3.30. The second-order valence-corrected chi connectivity index (χ2v) is 4.99. The molecule has 0 N–H and O–H groups in total. The van der Waals surface area contributed by atoms with E-state index in [1.54, 1.807) is 0 Å². The molecular formula is C12H16OS. The van der Waals surface area contributed by atoms with E-state index >= 15 is 0 Å². The topological polar surface area (TPSA) is 9.23 Å². The first-order valence-corrected chi connectivity index (χ1v) is 6.09. The third-order valence-corrected chi connectivity index (χ3v) is 3.68. The van der Waals surface area contributed by atoms with Crippen LogP contribution in [0.2, 0.25) is 0 Å². The van der Waals surface area contributed by atoms with Gasteiger partial charge in [0.15, 0.2) is 0 Å². The molecule has 2 heteroatoms. The van der Waals surface area contributed by atoms with Crippen molar-refractivity contribution in [3.63, 3.8) is 0 Å². The maximum atomic E-state index is 5.67. The van der Waals surface area contributed by atoms with E-state index in [2.05, 4.69) is 38.1 Å². The molecule has 76 valence electrons. The van der Waals surface area contributed by atoms with Gasteiger partial charge in [-0.05, 0) is 25.5 Å². The van der Waals surface area contributed by atoms with E-state index in [0.29, 0.717) is 12.0 Å². The van der Waals surface area contributed by atoms with E-state index in [1.165, 1.54) is 16.2 Å². The number of hydrogen-bond acceptors (Lipinski definition) is 2. The van der Waals surface area contributed by atoms with Crippen molar-refractivity contribution < 1.29 is 4.74 Å². The Morgan fingerprint density at radius 1 is 1.43 bits per heavy atom. The molecule has 14 heavy (non-hydrogen) atoms. The summed E-state index contributed by atoms with van der Waals surface area (Å²) in [6.45, 7) is 5.05. The maximum absolute atomic E-state index is 5.67. The maximum Gasteiger partial charge on any atom is 0.0546 e. The molecule has 0 aliphatic carbocycles. The lowest BCUT2D eigenvalue weighted by Crippen LogP contribution is -2.11. The van der Waals surface area contributed by atoms with E-state index in [9.17, 15) is 0 Å². The van der Waals surface area contributed by atoms with Crippen molar-refractivity contribution in [1.29, 1.82) is 0 Å². The highest BCUT2D eigenvalue weighted by Crippen LogP contribution is 2.39. The number of hydrogen-bond donors (Lipinski definition) is 0. The van der Waals surface area contributed by atoms with Gasteiger partial charge in [0.2, 0.25) is 0 Å². The van der Waals surface area contributed by atoms with E-state index in [-0.39, 0.29) is 0 Å². The Bertz CT molecular complexity index is 309. The molecule has 1 unspecified atom stereocenters. The van der Waals surface area contributed by atoms with Gasteiger partial charge < -0.3 is 4.74 Å². The lowest BCUT2D eigenvalue weighted by atomic mass is 10.0. The summed E-state index contributed by atoms with van der Waals surface area (Å²) in [7, 11) is 0. The summed E-state index contributed by atoms with van der Waals surface area (Å²) in [6.07, 6.45) is 0.341. The SMILES string of the molecule is CC(C)OCC1CSc2ccccc21. The van der Waals surface area contributed by atoms with Gasteiger partial charge in [0.25, 0.3) is 0 Å². The van der Waals surface area contributed by atoms with Crippen LogP contribution >= 0.6 is 11.8 Å². The van der Waals surface area contributed by atoms with E-state index < -0.39 is 0 Å². The molecule has 0 spiro atoms. The molecule has 1 aromatic rings. The Morgan fingerprint density at radius 3 is 3.00 bits per heavy atom. The summed E-state index contributed by atoms with van der Waals surface area (Å²) in [4.78, 5) is 1.44. The third-order valence-electron chi connectivity index (χ3n) is 2.43. The lowest BCUT2D eigenvalue weighted by molar-refractivity contribution is 0.0711. The quantitative estimate of drug-likeness (QED) is 0.753. The molecule has 1 aromatic carbocycles. The Hall–Kier alpha value is -0.470. The Morgan fingerprint density at radius 2 is 2.21 bits per heavy atom. The molecule has 0 saturated heterocycles.